The lowest BCUT2D eigenvalue weighted by Gasteiger charge is -2.54. The van der Waals surface area contributed by atoms with Crippen molar-refractivity contribution in [3.8, 4) is 0 Å². The zero-order valence-corrected chi connectivity index (χ0v) is 35.1. The summed E-state index contributed by atoms with van der Waals surface area (Å²) in [5, 5.41) is 0. The van der Waals surface area contributed by atoms with E-state index in [1.807, 2.05) is 7.11 Å². The molecule has 13 unspecified atom stereocenters. The summed E-state index contributed by atoms with van der Waals surface area (Å²) in [7, 11) is 0.285. The molecule has 49 heavy (non-hydrogen) atoms. The van der Waals surface area contributed by atoms with Crippen molar-refractivity contribution in [2.75, 3.05) is 7.11 Å². The standard InChI is InChI=1S/C47H74OSi/c1-29-24-36-35(31-20-22-33(23-21-31)45(3,4)5)26-34(46(6,7)8)27-38(36)43(29)49(13,14)44-30(2)25-37-39(44)28-40(47(9,10)11)42(48-12)41(37)32-18-16-15-17-19-32/h15-23,29-30,34-44H,24-28H2,1-14H3. The second-order valence-electron chi connectivity index (χ2n) is 21.8. The molecule has 1 nitrogen and oxygen atoms in total. The van der Waals surface area contributed by atoms with Gasteiger partial charge in [0.1, 0.15) is 0 Å². The maximum absolute atomic E-state index is 6.58. The summed E-state index contributed by atoms with van der Waals surface area (Å²) in [5.74, 6) is 7.44. The third-order valence-electron chi connectivity index (χ3n) is 15.6. The number of ether oxygens (including phenoxy) is 1. The van der Waals surface area contributed by atoms with E-state index in [0.717, 1.165) is 52.5 Å². The van der Waals surface area contributed by atoms with Gasteiger partial charge in [-0.3, -0.25) is 0 Å². The van der Waals surface area contributed by atoms with E-state index in [1.54, 1.807) is 5.56 Å². The zero-order chi connectivity index (χ0) is 35.8. The number of benzene rings is 2. The molecule has 0 saturated heterocycles. The van der Waals surface area contributed by atoms with E-state index in [1.165, 1.54) is 43.2 Å². The largest absolute Gasteiger partial charge is 0.381 e. The van der Waals surface area contributed by atoms with Gasteiger partial charge in [0.05, 0.1) is 14.2 Å². The highest BCUT2D eigenvalue weighted by atomic mass is 28.3. The highest BCUT2D eigenvalue weighted by Crippen LogP contribution is 2.69. The summed E-state index contributed by atoms with van der Waals surface area (Å²) in [6, 6.07) is 21.6. The Kier molecular flexibility index (Phi) is 10.1. The van der Waals surface area contributed by atoms with E-state index in [4.69, 9.17) is 4.74 Å². The van der Waals surface area contributed by atoms with Crippen molar-refractivity contribution < 1.29 is 4.74 Å². The lowest BCUT2D eigenvalue weighted by atomic mass is 9.59. The molecule has 0 heterocycles. The van der Waals surface area contributed by atoms with E-state index < -0.39 is 8.07 Å². The molecule has 272 valence electrons. The molecule has 4 aliphatic carbocycles. The molecule has 0 radical (unpaired) electrons. The summed E-state index contributed by atoms with van der Waals surface area (Å²) in [6.45, 7) is 33.4. The van der Waals surface area contributed by atoms with Crippen molar-refractivity contribution in [1.82, 2.24) is 0 Å². The Labute approximate surface area is 304 Å². The second-order valence-corrected chi connectivity index (χ2v) is 26.8. The SMILES string of the molecule is COC1C(c2ccccc2)C2CC(C)C([Si](C)(C)C3C(C)CC4C(c5ccc(C(C)(C)C)cc5)CC(C(C)(C)C)CC43)C2CC1C(C)(C)C. The fourth-order valence-corrected chi connectivity index (χ4v) is 20.2. The first-order valence-corrected chi connectivity index (χ1v) is 23.6. The summed E-state index contributed by atoms with van der Waals surface area (Å²) >= 11 is 0. The van der Waals surface area contributed by atoms with Crippen molar-refractivity contribution in [3.05, 3.63) is 71.3 Å². The van der Waals surface area contributed by atoms with Gasteiger partial charge in [-0.2, -0.15) is 0 Å². The molecule has 0 bridgehead atoms. The minimum Gasteiger partial charge on any atom is -0.381 e. The molecule has 0 amide bonds. The van der Waals surface area contributed by atoms with Gasteiger partial charge in [0.15, 0.2) is 0 Å². The number of hydrogen-bond donors (Lipinski definition) is 0. The highest BCUT2D eigenvalue weighted by molar-refractivity contribution is 6.80. The summed E-state index contributed by atoms with van der Waals surface area (Å²) in [5.41, 5.74) is 7.21. The molecule has 0 N–H and O–H groups in total. The normalized spacial score (nSPS) is 38.7. The molecule has 4 saturated carbocycles. The molecule has 0 aromatic heterocycles. The van der Waals surface area contributed by atoms with E-state index in [-0.39, 0.29) is 10.8 Å². The predicted molar refractivity (Wildman–Crippen MR) is 214 cm³/mol. The topological polar surface area (TPSA) is 9.23 Å². The molecule has 6 rings (SSSR count). The predicted octanol–water partition coefficient (Wildman–Crippen LogP) is 13.4. The molecular formula is C47H74OSi. The molecule has 13 atom stereocenters. The maximum atomic E-state index is 6.58. The smallest absolute Gasteiger partial charge is 0.0675 e. The van der Waals surface area contributed by atoms with Gasteiger partial charge in [0.2, 0.25) is 0 Å². The summed E-state index contributed by atoms with van der Waals surface area (Å²) in [4.78, 5) is 0. The van der Waals surface area contributed by atoms with Crippen molar-refractivity contribution >= 4 is 8.07 Å². The average Bonchev–Trinajstić information content (AvgIpc) is 3.54. The van der Waals surface area contributed by atoms with Gasteiger partial charge in [0.25, 0.3) is 0 Å². The highest BCUT2D eigenvalue weighted by Gasteiger charge is 2.63. The third-order valence-corrected chi connectivity index (χ3v) is 21.0. The van der Waals surface area contributed by atoms with Crippen LogP contribution in [-0.4, -0.2) is 21.3 Å². The van der Waals surface area contributed by atoms with Crippen LogP contribution < -0.4 is 0 Å². The molecule has 4 aliphatic rings. The first kappa shape index (κ1) is 37.4. The first-order valence-electron chi connectivity index (χ1n) is 20.4. The molecule has 0 aliphatic heterocycles. The Bertz CT molecular complexity index is 1400. The van der Waals surface area contributed by atoms with E-state index >= 15 is 0 Å². The quantitative estimate of drug-likeness (QED) is 0.285. The van der Waals surface area contributed by atoms with Crippen molar-refractivity contribution in [1.29, 1.82) is 0 Å². The van der Waals surface area contributed by atoms with Gasteiger partial charge in [-0.15, -0.1) is 0 Å². The number of hydrogen-bond acceptors (Lipinski definition) is 1. The average molecular weight is 683 g/mol. The van der Waals surface area contributed by atoms with Crippen LogP contribution in [-0.2, 0) is 10.2 Å². The molecule has 2 heteroatoms. The van der Waals surface area contributed by atoms with Crippen molar-refractivity contribution in [3.63, 3.8) is 0 Å². The lowest BCUT2D eigenvalue weighted by molar-refractivity contribution is -0.0689. The Morgan fingerprint density at radius 2 is 1.14 bits per heavy atom. The fraction of sp³-hybridized carbons (Fsp3) is 0.745. The van der Waals surface area contributed by atoms with Gasteiger partial charge in [-0.25, -0.2) is 0 Å². The number of methoxy groups -OCH3 is 1. The van der Waals surface area contributed by atoms with Crippen LogP contribution in [0.5, 0.6) is 0 Å². The van der Waals surface area contributed by atoms with E-state index in [9.17, 15) is 0 Å². The minimum absolute atomic E-state index is 0.202. The van der Waals surface area contributed by atoms with Gasteiger partial charge >= 0.3 is 0 Å². The van der Waals surface area contributed by atoms with Crippen LogP contribution in [0.3, 0.4) is 0 Å². The van der Waals surface area contributed by atoms with Gasteiger partial charge in [-0.1, -0.05) is 144 Å². The summed E-state index contributed by atoms with van der Waals surface area (Å²) in [6.07, 6.45) is 7.29. The Morgan fingerprint density at radius 1 is 0.592 bits per heavy atom. The number of rotatable bonds is 5. The van der Waals surface area contributed by atoms with E-state index in [0.29, 0.717) is 29.3 Å². The monoisotopic (exact) mass is 683 g/mol. The summed E-state index contributed by atoms with van der Waals surface area (Å²) < 4.78 is 6.58. The lowest BCUT2D eigenvalue weighted by Crippen LogP contribution is -2.51. The van der Waals surface area contributed by atoms with Crippen LogP contribution in [0, 0.1) is 58.2 Å². The fourth-order valence-electron chi connectivity index (χ4n) is 13.6. The van der Waals surface area contributed by atoms with Crippen LogP contribution in [0.25, 0.3) is 0 Å². The van der Waals surface area contributed by atoms with Crippen LogP contribution >= 0.6 is 0 Å². The van der Waals surface area contributed by atoms with Crippen molar-refractivity contribution in [2.24, 2.45) is 58.2 Å². The molecule has 2 aromatic rings. The Balaban J connectivity index is 1.38. The molecule has 0 spiro atoms. The zero-order valence-electron chi connectivity index (χ0n) is 34.1. The van der Waals surface area contributed by atoms with Crippen LogP contribution in [0.1, 0.15) is 137 Å². The molecule has 4 fully saturated rings. The minimum atomic E-state index is -1.73. The van der Waals surface area contributed by atoms with Crippen LogP contribution in [0.15, 0.2) is 54.6 Å². The molecular weight excluding hydrogens is 609 g/mol. The maximum Gasteiger partial charge on any atom is 0.0675 e. The third kappa shape index (κ3) is 6.82. The van der Waals surface area contributed by atoms with Gasteiger partial charge in [0, 0.05) is 13.0 Å². The van der Waals surface area contributed by atoms with Crippen LogP contribution in [0.4, 0.5) is 0 Å². The van der Waals surface area contributed by atoms with Gasteiger partial charge in [-0.05, 0) is 129 Å². The Morgan fingerprint density at radius 3 is 1.65 bits per heavy atom. The van der Waals surface area contributed by atoms with Crippen molar-refractivity contribution in [2.45, 2.75) is 156 Å². The second kappa shape index (κ2) is 13.2. The number of fused-ring (bicyclic) bond motifs is 2. The first-order chi connectivity index (χ1) is 22.7. The molecule has 2 aromatic carbocycles. The van der Waals surface area contributed by atoms with Gasteiger partial charge < -0.3 is 4.74 Å². The van der Waals surface area contributed by atoms with Crippen LogP contribution in [0.2, 0.25) is 24.2 Å². The Hall–Kier alpha value is -1.38. The van der Waals surface area contributed by atoms with E-state index in [2.05, 4.69) is 144 Å².